The van der Waals surface area contributed by atoms with Crippen LogP contribution in [0.15, 0.2) is 47.4 Å². The lowest BCUT2D eigenvalue weighted by molar-refractivity contribution is 0.111. The van der Waals surface area contributed by atoms with Gasteiger partial charge in [0.2, 0.25) is 0 Å². The Morgan fingerprint density at radius 2 is 1.82 bits per heavy atom. The van der Waals surface area contributed by atoms with E-state index in [-0.39, 0.29) is 39.4 Å². The molecular weight excluding hydrogens is 528 g/mol. The van der Waals surface area contributed by atoms with E-state index in [0.717, 1.165) is 12.1 Å². The summed E-state index contributed by atoms with van der Waals surface area (Å²) in [6, 6.07) is 8.59. The van der Waals surface area contributed by atoms with E-state index in [2.05, 4.69) is 15.3 Å². The third kappa shape index (κ3) is 4.96. The monoisotopic (exact) mass is 552 g/mol. The third-order valence-corrected chi connectivity index (χ3v) is 6.75. The maximum Gasteiger partial charge on any atom is 0.279 e. The number of rotatable bonds is 6. The zero-order valence-electron chi connectivity index (χ0n) is 21.6. The van der Waals surface area contributed by atoms with Crippen LogP contribution in [0, 0.1) is 29.9 Å². The van der Waals surface area contributed by atoms with Gasteiger partial charge in [0, 0.05) is 11.8 Å². The van der Waals surface area contributed by atoms with Crippen molar-refractivity contribution in [3.63, 3.8) is 0 Å². The van der Waals surface area contributed by atoms with Crippen LogP contribution >= 0.6 is 0 Å². The number of nitrogens with zero attached hydrogens (tertiary/aromatic N) is 5. The summed E-state index contributed by atoms with van der Waals surface area (Å²) >= 11 is 0. The smallest absolute Gasteiger partial charge is 0.279 e. The minimum Gasteiger partial charge on any atom is -0.378 e. The number of hydrogen-bond donors (Lipinski definition) is 1. The number of morpholine rings is 1. The molecule has 3 heterocycles. The van der Waals surface area contributed by atoms with Crippen molar-refractivity contribution >= 4 is 16.7 Å². The molecule has 0 saturated carbocycles. The van der Waals surface area contributed by atoms with Crippen molar-refractivity contribution in [2.45, 2.75) is 26.3 Å². The number of aromatic nitrogens is 3. The van der Waals surface area contributed by atoms with Crippen molar-refractivity contribution in [2.24, 2.45) is 0 Å². The highest BCUT2D eigenvalue weighted by Crippen LogP contribution is 2.33. The van der Waals surface area contributed by atoms with Crippen molar-refractivity contribution in [3.8, 4) is 17.2 Å². The second-order valence-electron chi connectivity index (χ2n) is 9.33. The normalized spacial score (nSPS) is 14.4. The number of pyridine rings is 1. The Bertz CT molecular complexity index is 1700. The summed E-state index contributed by atoms with van der Waals surface area (Å²) in [5.74, 6) is -1.23. The van der Waals surface area contributed by atoms with Gasteiger partial charge in [-0.15, -0.1) is 0 Å². The molecule has 1 aliphatic heterocycles. The molecule has 40 heavy (non-hydrogen) atoms. The lowest BCUT2D eigenvalue weighted by atomic mass is 10.0. The molecule has 1 saturated heterocycles. The minimum atomic E-state index is -2.98. The number of halogens is 4. The number of nitrogens with one attached hydrogen (secondary N) is 1. The molecule has 5 rings (SSSR count). The molecule has 0 amide bonds. The topological polar surface area (TPSA) is 96.1 Å². The Labute approximate surface area is 226 Å². The van der Waals surface area contributed by atoms with E-state index in [4.69, 9.17) is 4.74 Å². The molecule has 2 aromatic heterocycles. The summed E-state index contributed by atoms with van der Waals surface area (Å²) in [5.41, 5.74) is -0.745. The number of fused-ring (bicyclic) bond motifs is 1. The predicted molar refractivity (Wildman–Crippen MR) is 141 cm³/mol. The highest BCUT2D eigenvalue weighted by atomic mass is 19.3. The Balaban J connectivity index is 1.73. The van der Waals surface area contributed by atoms with Gasteiger partial charge in [0.15, 0.2) is 0 Å². The molecule has 1 N–H and O–H groups in total. The summed E-state index contributed by atoms with van der Waals surface area (Å²) in [6.45, 7) is 4.82. The molecule has 8 nitrogen and oxygen atoms in total. The quantitative estimate of drug-likeness (QED) is 0.337. The number of benzene rings is 2. The first-order valence-electron chi connectivity index (χ1n) is 12.5. The van der Waals surface area contributed by atoms with Crippen LogP contribution in [0.4, 0.5) is 23.4 Å². The van der Waals surface area contributed by atoms with E-state index in [1.54, 1.807) is 31.1 Å². The van der Waals surface area contributed by atoms with E-state index >= 15 is 0 Å². The second-order valence-corrected chi connectivity index (χ2v) is 9.33. The molecule has 12 heteroatoms. The van der Waals surface area contributed by atoms with Crippen LogP contribution in [0.1, 0.15) is 41.9 Å². The van der Waals surface area contributed by atoms with Crippen molar-refractivity contribution < 1.29 is 22.3 Å². The average Bonchev–Trinajstić information content (AvgIpc) is 2.93. The van der Waals surface area contributed by atoms with Crippen LogP contribution in [0.25, 0.3) is 22.0 Å². The largest absolute Gasteiger partial charge is 0.378 e. The van der Waals surface area contributed by atoms with Crippen molar-refractivity contribution in [1.82, 2.24) is 14.6 Å². The highest BCUT2D eigenvalue weighted by Gasteiger charge is 2.24. The maximum atomic E-state index is 14.9. The van der Waals surface area contributed by atoms with Gasteiger partial charge in [-0.2, -0.15) is 5.26 Å². The fourth-order valence-electron chi connectivity index (χ4n) is 4.76. The van der Waals surface area contributed by atoms with Crippen LogP contribution in [0.3, 0.4) is 0 Å². The summed E-state index contributed by atoms with van der Waals surface area (Å²) in [6.07, 6.45) is -1.42. The van der Waals surface area contributed by atoms with Gasteiger partial charge in [0.05, 0.1) is 59.9 Å². The first-order valence-corrected chi connectivity index (χ1v) is 12.5. The van der Waals surface area contributed by atoms with E-state index in [1.165, 1.54) is 28.9 Å². The summed E-state index contributed by atoms with van der Waals surface area (Å²) in [4.78, 5) is 22.9. The lowest BCUT2D eigenvalue weighted by Gasteiger charge is -2.31. The zero-order valence-corrected chi connectivity index (χ0v) is 21.6. The minimum absolute atomic E-state index is 0.0149. The molecule has 0 unspecified atom stereocenters. The van der Waals surface area contributed by atoms with Crippen molar-refractivity contribution in [2.75, 3.05) is 36.6 Å². The summed E-state index contributed by atoms with van der Waals surface area (Å²) in [7, 11) is 0. The number of nitriles is 1. The maximum absolute atomic E-state index is 14.9. The molecule has 1 aliphatic rings. The van der Waals surface area contributed by atoms with Gasteiger partial charge in [-0.1, -0.05) is 24.3 Å². The number of alkyl halides is 2. The highest BCUT2D eigenvalue weighted by molar-refractivity contribution is 5.98. The van der Waals surface area contributed by atoms with E-state index in [9.17, 15) is 27.6 Å². The van der Waals surface area contributed by atoms with Crippen molar-refractivity contribution in [3.05, 3.63) is 87.1 Å². The van der Waals surface area contributed by atoms with Gasteiger partial charge < -0.3 is 15.1 Å². The molecule has 1 fully saturated rings. The number of anilines is 1. The third-order valence-electron chi connectivity index (χ3n) is 6.75. The Hall–Kier alpha value is -4.50. The SMILES string of the molecule is Cc1nc(N[C@H](C)c2cccc(C(F)F)c2F)c2cn(N3CCOCC3)c(=O)c(-c3ccc(F)c(C#N)c3)c2n1. The molecule has 1 atom stereocenters. The molecule has 4 aromatic rings. The average molecular weight is 553 g/mol. The molecule has 0 radical (unpaired) electrons. The first-order chi connectivity index (χ1) is 19.2. The van der Waals surface area contributed by atoms with Crippen molar-refractivity contribution in [1.29, 1.82) is 5.26 Å². The van der Waals surface area contributed by atoms with E-state index in [0.29, 0.717) is 31.7 Å². The van der Waals surface area contributed by atoms with E-state index in [1.807, 2.05) is 0 Å². The molecule has 2 aromatic carbocycles. The summed E-state index contributed by atoms with van der Waals surface area (Å²) < 4.78 is 62.6. The molecule has 206 valence electrons. The Morgan fingerprint density at radius 3 is 2.52 bits per heavy atom. The van der Waals surface area contributed by atoms with Gasteiger partial charge in [-0.05, 0) is 31.5 Å². The fraction of sp³-hybridized carbons (Fsp3) is 0.286. The van der Waals surface area contributed by atoms with Gasteiger partial charge >= 0.3 is 0 Å². The van der Waals surface area contributed by atoms with Gasteiger partial charge in [0.1, 0.15) is 29.3 Å². The molecule has 0 aliphatic carbocycles. The van der Waals surface area contributed by atoms with Gasteiger partial charge in [0.25, 0.3) is 12.0 Å². The van der Waals surface area contributed by atoms with E-state index < -0.39 is 35.2 Å². The van der Waals surface area contributed by atoms with Gasteiger partial charge in [-0.25, -0.2) is 32.2 Å². The van der Waals surface area contributed by atoms with Crippen LogP contribution in [0.5, 0.6) is 0 Å². The molecule has 0 bridgehead atoms. The lowest BCUT2D eigenvalue weighted by Crippen LogP contribution is -2.49. The summed E-state index contributed by atoms with van der Waals surface area (Å²) in [5, 5.41) is 14.7. The molecule has 0 spiro atoms. The second kappa shape index (κ2) is 10.9. The Morgan fingerprint density at radius 1 is 1.10 bits per heavy atom. The number of hydrogen-bond acceptors (Lipinski definition) is 7. The molecular formula is C28H24F4N6O2. The first kappa shape index (κ1) is 27.1. The standard InChI is InChI=1S/C28H24F4N6O2/c1-15(19-4-3-5-20(24(19)30)26(31)32)34-27-21-14-38(37-8-10-40-11-9-37)28(39)23(25(21)35-16(2)36-27)17-6-7-22(29)18(12-17)13-33/h3-7,12,14-15,26H,8-11H2,1-2H3,(H,34,35,36)/t15-/m1/s1. The Kier molecular flexibility index (Phi) is 7.40. The van der Waals surface area contributed by atoms with Crippen LogP contribution in [-0.2, 0) is 4.74 Å². The zero-order chi connectivity index (χ0) is 28.6. The number of ether oxygens (including phenoxy) is 1. The fourth-order valence-corrected chi connectivity index (χ4v) is 4.76. The predicted octanol–water partition coefficient (Wildman–Crippen LogP) is 5.00. The van der Waals surface area contributed by atoms with Gasteiger partial charge in [-0.3, -0.25) is 4.79 Å². The van der Waals surface area contributed by atoms with Crippen LogP contribution in [0.2, 0.25) is 0 Å². The van der Waals surface area contributed by atoms with Crippen LogP contribution < -0.4 is 15.9 Å². The van der Waals surface area contributed by atoms with Crippen LogP contribution in [-0.4, -0.2) is 40.9 Å². The number of aryl methyl sites for hydroxylation is 1.